The van der Waals surface area contributed by atoms with Crippen LogP contribution in [0.2, 0.25) is 0 Å². The third-order valence-corrected chi connectivity index (χ3v) is 6.06. The molecule has 164 valence electrons. The average molecular weight is 415 g/mol. The molecule has 0 N–H and O–H groups in total. The van der Waals surface area contributed by atoms with Gasteiger partial charge in [0.1, 0.15) is 0 Å². The Balaban J connectivity index is 1.84. The Labute approximate surface area is 178 Å². The molecule has 0 aliphatic carbocycles. The van der Waals surface area contributed by atoms with Gasteiger partial charge in [-0.2, -0.15) is 5.10 Å². The lowest BCUT2D eigenvalue weighted by Gasteiger charge is -2.38. The number of aromatic nitrogens is 3. The van der Waals surface area contributed by atoms with Gasteiger partial charge in [0.25, 0.3) is 5.91 Å². The van der Waals surface area contributed by atoms with E-state index in [1.807, 2.05) is 22.6 Å². The first-order valence-electron chi connectivity index (χ1n) is 11.1. The minimum atomic E-state index is -0.324. The molecule has 2 saturated heterocycles. The van der Waals surface area contributed by atoms with Crippen molar-refractivity contribution in [1.29, 1.82) is 0 Å². The Morgan fingerprint density at radius 2 is 1.90 bits per heavy atom. The molecule has 0 aromatic carbocycles. The van der Waals surface area contributed by atoms with E-state index in [0.29, 0.717) is 18.8 Å². The average Bonchev–Trinajstić information content (AvgIpc) is 3.35. The number of carbonyl (C=O) groups is 1. The molecular formula is C23H34N4O3. The zero-order chi connectivity index (χ0) is 21.6. The Morgan fingerprint density at radius 1 is 1.20 bits per heavy atom. The Morgan fingerprint density at radius 3 is 2.53 bits per heavy atom. The summed E-state index contributed by atoms with van der Waals surface area (Å²) in [6.07, 6.45) is 2.67. The van der Waals surface area contributed by atoms with E-state index in [2.05, 4.69) is 34.6 Å². The zero-order valence-corrected chi connectivity index (χ0v) is 19.1. The van der Waals surface area contributed by atoms with Gasteiger partial charge in [0.2, 0.25) is 0 Å². The van der Waals surface area contributed by atoms with Crippen molar-refractivity contribution in [2.45, 2.75) is 84.6 Å². The van der Waals surface area contributed by atoms with Gasteiger partial charge in [-0.25, -0.2) is 9.67 Å². The van der Waals surface area contributed by atoms with Crippen LogP contribution in [-0.2, 0) is 15.0 Å². The molecule has 7 nitrogen and oxygen atoms in total. The fraction of sp³-hybridized carbons (Fsp3) is 0.696. The molecule has 7 heteroatoms. The third-order valence-electron chi connectivity index (χ3n) is 6.06. The van der Waals surface area contributed by atoms with Gasteiger partial charge in [0.15, 0.2) is 11.9 Å². The molecule has 2 aliphatic rings. The highest BCUT2D eigenvalue weighted by Crippen LogP contribution is 2.32. The van der Waals surface area contributed by atoms with Crippen molar-refractivity contribution in [3.8, 4) is 0 Å². The van der Waals surface area contributed by atoms with Gasteiger partial charge in [-0.05, 0) is 58.9 Å². The van der Waals surface area contributed by atoms with E-state index in [-0.39, 0.29) is 29.7 Å². The van der Waals surface area contributed by atoms with Crippen molar-refractivity contribution >= 4 is 16.9 Å². The summed E-state index contributed by atoms with van der Waals surface area (Å²) in [6.45, 7) is 14.4. The summed E-state index contributed by atoms with van der Waals surface area (Å²) >= 11 is 0. The van der Waals surface area contributed by atoms with Gasteiger partial charge in [-0.3, -0.25) is 4.79 Å². The number of pyridine rings is 1. The second-order valence-electron chi connectivity index (χ2n) is 9.79. The summed E-state index contributed by atoms with van der Waals surface area (Å²) in [5, 5.41) is 5.64. The summed E-state index contributed by atoms with van der Waals surface area (Å²) in [7, 11) is 0. The maximum Gasteiger partial charge on any atom is 0.255 e. The number of piperidine rings is 1. The molecule has 2 aliphatic heterocycles. The first-order valence-corrected chi connectivity index (χ1v) is 11.1. The van der Waals surface area contributed by atoms with Crippen molar-refractivity contribution in [3.05, 3.63) is 23.0 Å². The second-order valence-corrected chi connectivity index (χ2v) is 9.79. The van der Waals surface area contributed by atoms with Crippen LogP contribution < -0.4 is 0 Å². The highest BCUT2D eigenvalue weighted by Gasteiger charge is 2.38. The molecule has 0 spiro atoms. The molecule has 2 aromatic rings. The summed E-state index contributed by atoms with van der Waals surface area (Å²) in [5.74, 6) is 0.243. The molecule has 0 bridgehead atoms. The number of hydrogen-bond acceptors (Lipinski definition) is 5. The molecule has 1 amide bonds. The second kappa shape index (κ2) is 7.93. The van der Waals surface area contributed by atoms with Gasteiger partial charge >= 0.3 is 0 Å². The van der Waals surface area contributed by atoms with Crippen LogP contribution in [0.1, 0.15) is 81.5 Å². The quantitative estimate of drug-likeness (QED) is 0.760. The van der Waals surface area contributed by atoms with Gasteiger partial charge in [-0.15, -0.1) is 0 Å². The van der Waals surface area contributed by atoms with Crippen molar-refractivity contribution in [1.82, 2.24) is 19.7 Å². The van der Waals surface area contributed by atoms with Gasteiger partial charge < -0.3 is 14.4 Å². The van der Waals surface area contributed by atoms with E-state index < -0.39 is 0 Å². The van der Waals surface area contributed by atoms with Gasteiger partial charge in [-0.1, -0.05) is 13.8 Å². The number of carbonyl (C=O) groups excluding carboxylic acids is 1. The monoisotopic (exact) mass is 414 g/mol. The number of nitrogens with zero attached hydrogens (tertiary/aromatic N) is 4. The largest absolute Gasteiger partial charge is 0.348 e. The summed E-state index contributed by atoms with van der Waals surface area (Å²) in [4.78, 5) is 20.8. The normalized spacial score (nSPS) is 21.2. The van der Waals surface area contributed by atoms with E-state index in [0.717, 1.165) is 48.2 Å². The minimum absolute atomic E-state index is 0.0321. The molecule has 2 aromatic heterocycles. The number of ether oxygens (including phenoxy) is 2. The van der Waals surface area contributed by atoms with Crippen LogP contribution in [0.15, 0.2) is 6.07 Å². The van der Waals surface area contributed by atoms with Gasteiger partial charge in [0, 0.05) is 12.2 Å². The Kier molecular flexibility index (Phi) is 5.62. The number of rotatable bonds is 3. The predicted octanol–water partition coefficient (Wildman–Crippen LogP) is 3.99. The molecule has 0 radical (unpaired) electrons. The maximum absolute atomic E-state index is 13.9. The summed E-state index contributed by atoms with van der Waals surface area (Å²) < 4.78 is 13.5. The first-order chi connectivity index (χ1) is 14.2. The molecule has 1 unspecified atom stereocenters. The minimum Gasteiger partial charge on any atom is -0.348 e. The Bertz CT molecular complexity index is 938. The summed E-state index contributed by atoms with van der Waals surface area (Å²) in [6, 6.07) is 1.93. The van der Waals surface area contributed by atoms with Gasteiger partial charge in [0.05, 0.1) is 41.4 Å². The lowest BCUT2D eigenvalue weighted by Crippen LogP contribution is -2.50. The van der Waals surface area contributed by atoms with Crippen molar-refractivity contribution in [2.24, 2.45) is 0 Å². The molecule has 0 saturated carbocycles. The number of fused-ring (bicyclic) bond motifs is 1. The van der Waals surface area contributed by atoms with Crippen molar-refractivity contribution in [2.75, 3.05) is 19.8 Å². The van der Waals surface area contributed by atoms with Crippen LogP contribution in [0.5, 0.6) is 0 Å². The third kappa shape index (κ3) is 3.73. The van der Waals surface area contributed by atoms with Crippen LogP contribution in [0, 0.1) is 6.92 Å². The van der Waals surface area contributed by atoms with Crippen LogP contribution in [-0.4, -0.2) is 57.7 Å². The summed E-state index contributed by atoms with van der Waals surface area (Å²) in [5.41, 5.74) is 3.01. The number of amides is 1. The number of likely N-dealkylation sites (tertiary alicyclic amines) is 1. The highest BCUT2D eigenvalue weighted by atomic mass is 16.7. The molecule has 30 heavy (non-hydrogen) atoms. The smallest absolute Gasteiger partial charge is 0.255 e. The van der Waals surface area contributed by atoms with Crippen LogP contribution in [0.3, 0.4) is 0 Å². The molecule has 4 rings (SSSR count). The molecule has 2 fully saturated rings. The molecule has 4 heterocycles. The number of hydrogen-bond donors (Lipinski definition) is 0. The van der Waals surface area contributed by atoms with Crippen LogP contribution >= 0.6 is 0 Å². The topological polar surface area (TPSA) is 69.5 Å². The van der Waals surface area contributed by atoms with E-state index >= 15 is 0 Å². The van der Waals surface area contributed by atoms with Crippen molar-refractivity contribution in [3.63, 3.8) is 0 Å². The zero-order valence-electron chi connectivity index (χ0n) is 19.1. The lowest BCUT2D eigenvalue weighted by molar-refractivity contribution is -0.100. The number of aryl methyl sites for hydroxylation is 1. The fourth-order valence-corrected chi connectivity index (χ4v) is 4.49. The predicted molar refractivity (Wildman–Crippen MR) is 116 cm³/mol. The van der Waals surface area contributed by atoms with Crippen LogP contribution in [0.4, 0.5) is 0 Å². The molecule has 1 atom stereocenters. The molecular weight excluding hydrogens is 380 g/mol. The SMILES string of the molecule is Cc1nn(C(C)(C)C)c2nc(C(C)C)cc(C(=O)N3CCCCC3C3OCCO3)c12. The Hall–Kier alpha value is -1.99. The van der Waals surface area contributed by atoms with Crippen LogP contribution in [0.25, 0.3) is 11.0 Å². The van der Waals surface area contributed by atoms with E-state index in [4.69, 9.17) is 19.6 Å². The van der Waals surface area contributed by atoms with E-state index in [1.54, 1.807) is 0 Å². The first kappa shape index (κ1) is 21.2. The lowest BCUT2D eigenvalue weighted by atomic mass is 9.98. The van der Waals surface area contributed by atoms with Crippen molar-refractivity contribution < 1.29 is 14.3 Å². The maximum atomic E-state index is 13.9. The van der Waals surface area contributed by atoms with E-state index in [9.17, 15) is 4.79 Å². The standard InChI is InChI=1S/C23H34N4O3/c1-14(2)17-13-16(19-15(3)25-27(20(19)24-17)23(4,5)6)21(28)26-10-8-7-9-18(26)22-29-11-12-30-22/h13-14,18,22H,7-12H2,1-6H3. The van der Waals surface area contributed by atoms with E-state index in [1.165, 1.54) is 0 Å². The highest BCUT2D eigenvalue weighted by molar-refractivity contribution is 6.06. The fourth-order valence-electron chi connectivity index (χ4n) is 4.49.